The van der Waals surface area contributed by atoms with E-state index in [1.54, 1.807) is 5.32 Å². The molecule has 1 aliphatic rings. The molecular formula is C25H18BrF10NO2. The van der Waals surface area contributed by atoms with Crippen LogP contribution in [0.1, 0.15) is 52.2 Å². The number of nitrogens with one attached hydrogen (secondary N) is 1. The average molecular weight is 634 g/mol. The summed E-state index contributed by atoms with van der Waals surface area (Å²) in [7, 11) is 0. The molecule has 1 amide bonds. The molecule has 0 saturated heterocycles. The van der Waals surface area contributed by atoms with E-state index in [2.05, 4.69) is 15.9 Å². The third-order valence-electron chi connectivity index (χ3n) is 6.01. The normalized spacial score (nSPS) is 16.3. The number of carbonyl (C=O) groups excluding carboxylic acids is 2. The van der Waals surface area contributed by atoms with Gasteiger partial charge in [-0.05, 0) is 48.2 Å². The fraction of sp³-hybridized carbons (Fsp3) is 0.360. The summed E-state index contributed by atoms with van der Waals surface area (Å²) in [6.45, 7) is -1.66. The lowest BCUT2D eigenvalue weighted by Gasteiger charge is -2.19. The Bertz CT molecular complexity index is 1260. The Morgan fingerprint density at radius 2 is 1.62 bits per heavy atom. The van der Waals surface area contributed by atoms with Gasteiger partial charge in [0, 0.05) is 16.5 Å². The zero-order valence-electron chi connectivity index (χ0n) is 19.5. The maximum Gasteiger partial charge on any atom is 0.417 e. The van der Waals surface area contributed by atoms with Gasteiger partial charge in [0.25, 0.3) is 0 Å². The molecule has 212 valence electrons. The summed E-state index contributed by atoms with van der Waals surface area (Å²) in [5.74, 6) is -5.60. The molecule has 3 rings (SSSR count). The molecule has 0 heterocycles. The monoisotopic (exact) mass is 633 g/mol. The second kappa shape index (κ2) is 10.9. The minimum atomic E-state index is -5.12. The summed E-state index contributed by atoms with van der Waals surface area (Å²) in [6, 6.07) is 4.70. The highest BCUT2D eigenvalue weighted by Gasteiger charge is 2.52. The van der Waals surface area contributed by atoms with Crippen molar-refractivity contribution in [3.63, 3.8) is 0 Å². The molecule has 2 aromatic rings. The Morgan fingerprint density at radius 1 is 0.974 bits per heavy atom. The lowest BCUT2D eigenvalue weighted by atomic mass is 9.91. The van der Waals surface area contributed by atoms with Crippen LogP contribution >= 0.6 is 15.9 Å². The van der Waals surface area contributed by atoms with E-state index < -0.39 is 77.0 Å². The van der Waals surface area contributed by atoms with Crippen LogP contribution in [0.15, 0.2) is 46.9 Å². The van der Waals surface area contributed by atoms with Crippen molar-refractivity contribution in [2.24, 2.45) is 5.41 Å². The summed E-state index contributed by atoms with van der Waals surface area (Å²) in [6.07, 6.45) is -14.3. The number of hydrogen-bond donors (Lipinski definition) is 1. The number of amides is 1. The van der Waals surface area contributed by atoms with E-state index in [1.807, 2.05) is 0 Å². The zero-order chi connectivity index (χ0) is 29.4. The quantitative estimate of drug-likeness (QED) is 0.237. The molecule has 39 heavy (non-hydrogen) atoms. The lowest BCUT2D eigenvalue weighted by molar-refractivity contribution is -0.141. The number of rotatable bonds is 8. The molecule has 1 unspecified atom stereocenters. The smallest absolute Gasteiger partial charge is 0.346 e. The van der Waals surface area contributed by atoms with Crippen molar-refractivity contribution in [1.29, 1.82) is 0 Å². The van der Waals surface area contributed by atoms with E-state index in [-0.39, 0.29) is 22.9 Å². The highest BCUT2D eigenvalue weighted by atomic mass is 79.9. The second-order valence-corrected chi connectivity index (χ2v) is 9.98. The maximum atomic E-state index is 13.8. The van der Waals surface area contributed by atoms with Crippen molar-refractivity contribution in [3.8, 4) is 0 Å². The van der Waals surface area contributed by atoms with Gasteiger partial charge in [-0.25, -0.2) is 4.39 Å². The van der Waals surface area contributed by atoms with Crippen LogP contribution in [0.3, 0.4) is 0 Å². The van der Waals surface area contributed by atoms with Crippen molar-refractivity contribution < 1.29 is 53.5 Å². The highest BCUT2D eigenvalue weighted by molar-refractivity contribution is 9.10. The molecule has 3 nitrogen and oxygen atoms in total. The topological polar surface area (TPSA) is 46.2 Å². The number of ketones is 1. The fourth-order valence-electron chi connectivity index (χ4n) is 3.92. The molecule has 0 aliphatic heterocycles. The number of alkyl halides is 9. The van der Waals surface area contributed by atoms with Crippen LogP contribution < -0.4 is 5.32 Å². The molecule has 1 fully saturated rings. The average Bonchev–Trinajstić information content (AvgIpc) is 3.55. The van der Waals surface area contributed by atoms with E-state index in [0.717, 1.165) is 30.3 Å². The first-order valence-electron chi connectivity index (χ1n) is 11.1. The number of halogens is 11. The van der Waals surface area contributed by atoms with Gasteiger partial charge in [0.1, 0.15) is 12.4 Å². The van der Waals surface area contributed by atoms with Crippen LogP contribution in [-0.2, 0) is 11.0 Å². The molecule has 1 N–H and O–H groups in total. The van der Waals surface area contributed by atoms with Gasteiger partial charge in [0.05, 0.1) is 16.9 Å². The van der Waals surface area contributed by atoms with E-state index >= 15 is 0 Å². The first kappa shape index (κ1) is 30.6. The number of Topliss-reactive ketones (excluding diaryl/α,β-unsaturated/α-hetero) is 1. The van der Waals surface area contributed by atoms with Crippen molar-refractivity contribution in [1.82, 2.24) is 5.32 Å². The zero-order valence-corrected chi connectivity index (χ0v) is 21.1. The van der Waals surface area contributed by atoms with Gasteiger partial charge in [-0.1, -0.05) is 40.2 Å². The van der Waals surface area contributed by atoms with Crippen LogP contribution in [0.4, 0.5) is 43.9 Å². The molecule has 1 saturated carbocycles. The van der Waals surface area contributed by atoms with Crippen molar-refractivity contribution in [3.05, 3.63) is 75.0 Å². The van der Waals surface area contributed by atoms with Crippen LogP contribution in [-0.4, -0.2) is 30.6 Å². The standard InChI is InChI=1S/C25H18BrF10NO2/c26-15-8-14(9-16(27)10-15)18(24(31,32)33)4-2-13-1-3-17(19(7-13)25(34,35)36)20(38)11-22(5-6-22)21(39)37-12-23(28,29)30/h1-4,7-10,18H,5-6,11-12H2,(H,37,39)/b4-2+. The number of hydrogen-bond acceptors (Lipinski definition) is 2. The van der Waals surface area contributed by atoms with Gasteiger partial charge in [-0.15, -0.1) is 0 Å². The maximum absolute atomic E-state index is 13.8. The lowest BCUT2D eigenvalue weighted by Crippen LogP contribution is -2.39. The number of benzene rings is 2. The number of allylic oxidation sites excluding steroid dienone is 1. The minimum Gasteiger partial charge on any atom is -0.346 e. The third kappa shape index (κ3) is 8.05. The summed E-state index contributed by atoms with van der Waals surface area (Å²) in [5.41, 5.74) is -4.79. The predicted octanol–water partition coefficient (Wildman–Crippen LogP) is 8.00. The van der Waals surface area contributed by atoms with Crippen LogP contribution in [0.5, 0.6) is 0 Å². The van der Waals surface area contributed by atoms with Gasteiger partial charge in [0.15, 0.2) is 5.78 Å². The molecule has 0 bridgehead atoms. The van der Waals surface area contributed by atoms with Gasteiger partial charge < -0.3 is 5.32 Å². The fourth-order valence-corrected chi connectivity index (χ4v) is 4.40. The largest absolute Gasteiger partial charge is 0.417 e. The molecule has 14 heteroatoms. The minimum absolute atomic E-state index is 0.000369. The SMILES string of the molecule is O=C(CC1(C(=O)NCC(F)(F)F)CC1)c1ccc(/C=C/C(c2cc(F)cc(Br)c2)C(F)(F)F)cc1C(F)(F)F. The van der Waals surface area contributed by atoms with Gasteiger partial charge in [0.2, 0.25) is 5.91 Å². The molecule has 1 aliphatic carbocycles. The highest BCUT2D eigenvalue weighted by Crippen LogP contribution is 2.50. The second-order valence-electron chi connectivity index (χ2n) is 9.06. The Labute approximate surface area is 223 Å². The van der Waals surface area contributed by atoms with E-state index in [0.29, 0.717) is 18.2 Å². The Morgan fingerprint density at radius 3 is 2.13 bits per heavy atom. The van der Waals surface area contributed by atoms with Crippen LogP contribution in [0.25, 0.3) is 6.08 Å². The van der Waals surface area contributed by atoms with E-state index in [9.17, 15) is 53.5 Å². The predicted molar refractivity (Wildman–Crippen MR) is 123 cm³/mol. The van der Waals surface area contributed by atoms with Crippen molar-refractivity contribution in [2.45, 2.75) is 43.7 Å². The Hall–Kier alpha value is -2.90. The summed E-state index contributed by atoms with van der Waals surface area (Å²) >= 11 is 2.88. The van der Waals surface area contributed by atoms with Crippen molar-refractivity contribution >= 4 is 33.7 Å². The first-order chi connectivity index (χ1) is 17.8. The molecule has 0 aromatic heterocycles. The van der Waals surface area contributed by atoms with E-state index in [4.69, 9.17) is 0 Å². The van der Waals surface area contributed by atoms with Gasteiger partial charge in [-0.3, -0.25) is 9.59 Å². The molecule has 1 atom stereocenters. The Kier molecular flexibility index (Phi) is 8.59. The van der Waals surface area contributed by atoms with Crippen molar-refractivity contribution in [2.75, 3.05) is 6.54 Å². The molecule has 2 aromatic carbocycles. The summed E-state index contributed by atoms with van der Waals surface area (Å²) in [5, 5.41) is 1.63. The van der Waals surface area contributed by atoms with E-state index in [1.165, 1.54) is 0 Å². The van der Waals surface area contributed by atoms with Gasteiger partial charge >= 0.3 is 18.5 Å². The molecular weight excluding hydrogens is 616 g/mol. The molecule has 0 radical (unpaired) electrons. The van der Waals surface area contributed by atoms with Crippen LogP contribution in [0.2, 0.25) is 0 Å². The number of carbonyl (C=O) groups is 2. The Balaban J connectivity index is 1.89. The molecule has 0 spiro atoms. The summed E-state index contributed by atoms with van der Waals surface area (Å²) < 4.78 is 133. The van der Waals surface area contributed by atoms with Gasteiger partial charge in [-0.2, -0.15) is 39.5 Å². The summed E-state index contributed by atoms with van der Waals surface area (Å²) in [4.78, 5) is 24.9. The van der Waals surface area contributed by atoms with Crippen LogP contribution in [0, 0.1) is 11.2 Å². The first-order valence-corrected chi connectivity index (χ1v) is 11.9. The third-order valence-corrected chi connectivity index (χ3v) is 6.47.